The van der Waals surface area contributed by atoms with Gasteiger partial charge in [-0.15, -0.1) is 21.5 Å². The summed E-state index contributed by atoms with van der Waals surface area (Å²) in [5.41, 5.74) is 2.24. The first-order chi connectivity index (χ1) is 12.1. The number of carbonyl (C=O) groups is 1. The Kier molecular flexibility index (Phi) is 5.40. The van der Waals surface area contributed by atoms with E-state index >= 15 is 0 Å². The van der Waals surface area contributed by atoms with Crippen molar-refractivity contribution >= 4 is 34.6 Å². The van der Waals surface area contributed by atoms with Gasteiger partial charge >= 0.3 is 0 Å². The Bertz CT molecular complexity index is 829. The van der Waals surface area contributed by atoms with E-state index < -0.39 is 0 Å². The quantitative estimate of drug-likeness (QED) is 0.681. The fourth-order valence-electron chi connectivity index (χ4n) is 2.48. The number of carbonyl (C=O) groups excluding carboxylic acids is 1. The lowest BCUT2D eigenvalue weighted by Gasteiger charge is -2.13. The average Bonchev–Trinajstić information content (AvgIpc) is 3.10. The number of benzene rings is 1. The number of thiophene rings is 1. The number of hydrogen-bond donors (Lipinski definition) is 2. The molecule has 5 nitrogen and oxygen atoms in total. The number of hydrogen-bond acceptors (Lipinski definition) is 5. The Hall–Kier alpha value is -2.73. The van der Waals surface area contributed by atoms with Gasteiger partial charge in [0.2, 0.25) is 5.91 Å². The van der Waals surface area contributed by atoms with E-state index in [9.17, 15) is 4.79 Å². The van der Waals surface area contributed by atoms with Gasteiger partial charge in [0, 0.05) is 10.6 Å². The van der Waals surface area contributed by atoms with E-state index in [-0.39, 0.29) is 5.91 Å². The Balaban J connectivity index is 1.63. The molecule has 0 aliphatic heterocycles. The molecule has 3 rings (SSSR count). The second-order valence-corrected chi connectivity index (χ2v) is 7.01. The van der Waals surface area contributed by atoms with Crippen LogP contribution in [0.1, 0.15) is 30.2 Å². The van der Waals surface area contributed by atoms with Crippen LogP contribution in [0.4, 0.5) is 17.3 Å². The van der Waals surface area contributed by atoms with E-state index in [0.29, 0.717) is 24.0 Å². The summed E-state index contributed by atoms with van der Waals surface area (Å²) in [6, 6.07) is 15.6. The number of aromatic nitrogens is 2. The van der Waals surface area contributed by atoms with E-state index in [0.717, 1.165) is 10.6 Å². The largest absolute Gasteiger partial charge is 0.338 e. The van der Waals surface area contributed by atoms with Crippen LogP contribution >= 0.6 is 11.3 Å². The number of nitrogens with zero attached hydrogens (tertiary/aromatic N) is 2. The summed E-state index contributed by atoms with van der Waals surface area (Å²) in [5.74, 6) is 1.41. The van der Waals surface area contributed by atoms with E-state index in [1.54, 1.807) is 17.4 Å². The van der Waals surface area contributed by atoms with Crippen LogP contribution in [0.15, 0.2) is 53.9 Å². The predicted molar refractivity (Wildman–Crippen MR) is 102 cm³/mol. The maximum atomic E-state index is 12.0. The normalized spacial score (nSPS) is 10.7. The van der Waals surface area contributed by atoms with Crippen molar-refractivity contribution in [3.63, 3.8) is 0 Å². The van der Waals surface area contributed by atoms with Crippen molar-refractivity contribution < 1.29 is 4.79 Å². The molecule has 2 aromatic heterocycles. The van der Waals surface area contributed by atoms with Crippen LogP contribution in [0.2, 0.25) is 0 Å². The van der Waals surface area contributed by atoms with Crippen molar-refractivity contribution in [1.29, 1.82) is 0 Å². The van der Waals surface area contributed by atoms with Crippen molar-refractivity contribution in [2.75, 3.05) is 10.6 Å². The number of amides is 1. The third-order valence-corrected chi connectivity index (χ3v) is 4.57. The van der Waals surface area contributed by atoms with Gasteiger partial charge in [0.05, 0.1) is 6.42 Å². The smallest absolute Gasteiger partial charge is 0.230 e. The highest BCUT2D eigenvalue weighted by molar-refractivity contribution is 7.10. The molecule has 0 radical (unpaired) electrons. The topological polar surface area (TPSA) is 66.9 Å². The molecular weight excluding hydrogens is 332 g/mol. The second kappa shape index (κ2) is 7.90. The maximum absolute atomic E-state index is 12.0. The van der Waals surface area contributed by atoms with Crippen LogP contribution in [0, 0.1) is 0 Å². The fraction of sp³-hybridized carbons (Fsp3) is 0.211. The molecule has 1 aromatic carbocycles. The number of rotatable bonds is 6. The molecule has 0 aliphatic rings. The fourth-order valence-corrected chi connectivity index (χ4v) is 3.18. The summed E-state index contributed by atoms with van der Waals surface area (Å²) in [7, 11) is 0. The zero-order valence-corrected chi connectivity index (χ0v) is 15.0. The summed E-state index contributed by atoms with van der Waals surface area (Å²) in [6.45, 7) is 4.30. The number of nitrogens with one attached hydrogen (secondary N) is 2. The third kappa shape index (κ3) is 4.64. The minimum atomic E-state index is -0.0948. The molecule has 6 heteroatoms. The van der Waals surface area contributed by atoms with Gasteiger partial charge in [-0.2, -0.15) is 0 Å². The summed E-state index contributed by atoms with van der Waals surface area (Å²) in [6.07, 6.45) is 0.348. The van der Waals surface area contributed by atoms with Gasteiger partial charge in [-0.05, 0) is 41.1 Å². The Labute approximate surface area is 151 Å². The van der Waals surface area contributed by atoms with E-state index in [4.69, 9.17) is 0 Å². The third-order valence-electron chi connectivity index (χ3n) is 3.69. The first-order valence-corrected chi connectivity index (χ1v) is 9.01. The summed E-state index contributed by atoms with van der Waals surface area (Å²) in [4.78, 5) is 13.0. The van der Waals surface area contributed by atoms with Crippen LogP contribution < -0.4 is 10.6 Å². The molecule has 0 saturated heterocycles. The molecule has 25 heavy (non-hydrogen) atoms. The maximum Gasteiger partial charge on any atom is 0.230 e. The lowest BCUT2D eigenvalue weighted by Crippen LogP contribution is -2.15. The first kappa shape index (κ1) is 17.1. The summed E-state index contributed by atoms with van der Waals surface area (Å²) < 4.78 is 0. The molecule has 0 atom stereocenters. The molecule has 0 saturated carbocycles. The first-order valence-electron chi connectivity index (χ1n) is 8.14. The molecule has 0 aliphatic carbocycles. The Morgan fingerprint density at radius 3 is 2.48 bits per heavy atom. The molecule has 1 amide bonds. The standard InChI is InChI=1S/C19H20N4OS/c1-13(2)15-7-3-4-8-16(15)20-17-9-10-18(23-22-17)21-19(24)12-14-6-5-11-25-14/h3-11,13H,12H2,1-2H3,(H,20,22)(H,21,23,24). The highest BCUT2D eigenvalue weighted by Crippen LogP contribution is 2.26. The molecule has 0 unspecified atom stereocenters. The Morgan fingerprint density at radius 1 is 1.04 bits per heavy atom. The minimum Gasteiger partial charge on any atom is -0.338 e. The second-order valence-electron chi connectivity index (χ2n) is 5.98. The van der Waals surface area contributed by atoms with Crippen LogP contribution in [0.25, 0.3) is 0 Å². The zero-order chi connectivity index (χ0) is 17.6. The van der Waals surface area contributed by atoms with Gasteiger partial charge < -0.3 is 10.6 Å². The van der Waals surface area contributed by atoms with Crippen molar-refractivity contribution in [3.8, 4) is 0 Å². The zero-order valence-electron chi connectivity index (χ0n) is 14.2. The van der Waals surface area contributed by atoms with Gasteiger partial charge in [0.15, 0.2) is 11.6 Å². The SMILES string of the molecule is CC(C)c1ccccc1Nc1ccc(NC(=O)Cc2cccs2)nn1. The molecule has 0 fully saturated rings. The molecular formula is C19H20N4OS. The average molecular weight is 352 g/mol. The van der Waals surface area contributed by atoms with Crippen molar-refractivity contribution in [1.82, 2.24) is 10.2 Å². The Morgan fingerprint density at radius 2 is 1.80 bits per heavy atom. The van der Waals surface area contributed by atoms with Gasteiger partial charge in [0.1, 0.15) is 0 Å². The van der Waals surface area contributed by atoms with Gasteiger partial charge in [0.25, 0.3) is 0 Å². The van der Waals surface area contributed by atoms with E-state index in [1.807, 2.05) is 41.8 Å². The van der Waals surface area contributed by atoms with E-state index in [2.05, 4.69) is 40.7 Å². The highest BCUT2D eigenvalue weighted by Gasteiger charge is 2.08. The van der Waals surface area contributed by atoms with Crippen LogP contribution in [0.5, 0.6) is 0 Å². The van der Waals surface area contributed by atoms with Crippen LogP contribution in [-0.4, -0.2) is 16.1 Å². The number of para-hydroxylation sites is 1. The van der Waals surface area contributed by atoms with Gasteiger partial charge in [-0.3, -0.25) is 4.79 Å². The number of anilines is 3. The molecule has 128 valence electrons. The molecule has 3 aromatic rings. The van der Waals surface area contributed by atoms with E-state index in [1.165, 1.54) is 5.56 Å². The molecule has 2 N–H and O–H groups in total. The van der Waals surface area contributed by atoms with Gasteiger partial charge in [-0.25, -0.2) is 0 Å². The van der Waals surface area contributed by atoms with Crippen molar-refractivity contribution in [3.05, 3.63) is 64.4 Å². The monoisotopic (exact) mass is 352 g/mol. The summed E-state index contributed by atoms with van der Waals surface area (Å²) >= 11 is 1.56. The molecule has 2 heterocycles. The van der Waals surface area contributed by atoms with Crippen LogP contribution in [-0.2, 0) is 11.2 Å². The molecule has 0 spiro atoms. The minimum absolute atomic E-state index is 0.0948. The summed E-state index contributed by atoms with van der Waals surface area (Å²) in [5, 5.41) is 16.2. The lowest BCUT2D eigenvalue weighted by molar-refractivity contribution is -0.115. The highest BCUT2D eigenvalue weighted by atomic mass is 32.1. The van der Waals surface area contributed by atoms with Crippen LogP contribution in [0.3, 0.4) is 0 Å². The lowest BCUT2D eigenvalue weighted by atomic mass is 10.0. The van der Waals surface area contributed by atoms with Crippen molar-refractivity contribution in [2.45, 2.75) is 26.2 Å². The predicted octanol–water partition coefficient (Wildman–Crippen LogP) is 4.59. The molecule has 0 bridgehead atoms. The van der Waals surface area contributed by atoms with Gasteiger partial charge in [-0.1, -0.05) is 38.1 Å². The van der Waals surface area contributed by atoms with Crippen molar-refractivity contribution in [2.24, 2.45) is 0 Å².